The van der Waals surface area contributed by atoms with Crippen molar-refractivity contribution in [1.29, 1.82) is 0 Å². The van der Waals surface area contributed by atoms with Gasteiger partial charge in [0.25, 0.3) is 0 Å². The third-order valence-corrected chi connectivity index (χ3v) is 5.23. The number of rotatable bonds is 3. The van der Waals surface area contributed by atoms with Crippen LogP contribution in [0.3, 0.4) is 0 Å². The van der Waals surface area contributed by atoms with Crippen LogP contribution in [0.1, 0.15) is 32.0 Å². The Morgan fingerprint density at radius 2 is 2.11 bits per heavy atom. The van der Waals surface area contributed by atoms with Gasteiger partial charge in [0.1, 0.15) is 5.54 Å². The number of pyridine rings is 1. The van der Waals surface area contributed by atoms with Crippen molar-refractivity contribution in [1.82, 2.24) is 9.71 Å². The van der Waals surface area contributed by atoms with Crippen molar-refractivity contribution in [2.45, 2.75) is 38.0 Å². The molecule has 6 heteroatoms. The number of ether oxygens (including phenoxy) is 1. The summed E-state index contributed by atoms with van der Waals surface area (Å²) in [6.45, 7) is 8.64. The maximum atomic E-state index is 12.3. The summed E-state index contributed by atoms with van der Waals surface area (Å²) in [6, 6.07) is 1.76. The predicted molar refractivity (Wildman–Crippen MR) is 77.5 cm³/mol. The van der Waals surface area contributed by atoms with E-state index in [2.05, 4.69) is 9.71 Å². The molecule has 1 fully saturated rings. The molecular formula is C13H19ClN2O2S. The lowest BCUT2D eigenvalue weighted by atomic mass is 9.91. The molecule has 1 atom stereocenters. The summed E-state index contributed by atoms with van der Waals surface area (Å²) in [4.78, 5) is 4.41. The zero-order valence-corrected chi connectivity index (χ0v) is 13.2. The van der Waals surface area contributed by atoms with Crippen LogP contribution in [0.4, 0.5) is 0 Å². The van der Waals surface area contributed by atoms with Gasteiger partial charge in [-0.2, -0.15) is 0 Å². The van der Waals surface area contributed by atoms with Gasteiger partial charge in [0.05, 0.1) is 34.6 Å². The van der Waals surface area contributed by atoms with Crippen LogP contribution in [0.5, 0.6) is 0 Å². The van der Waals surface area contributed by atoms with E-state index in [0.29, 0.717) is 18.2 Å². The molecule has 1 aliphatic heterocycles. The Labute approximate surface area is 121 Å². The molecule has 2 rings (SSSR count). The second-order valence-corrected chi connectivity index (χ2v) is 8.20. The van der Waals surface area contributed by atoms with Crippen molar-refractivity contribution in [2.24, 2.45) is 0 Å². The van der Waals surface area contributed by atoms with Crippen LogP contribution in [-0.4, -0.2) is 27.2 Å². The molecule has 1 aromatic heterocycles. The van der Waals surface area contributed by atoms with Gasteiger partial charge in [0.15, 0.2) is 0 Å². The van der Waals surface area contributed by atoms with E-state index in [1.807, 2.05) is 27.7 Å². The highest BCUT2D eigenvalue weighted by molar-refractivity contribution is 7.84. The number of halogens is 1. The molecule has 0 bridgehead atoms. The molecule has 0 saturated carbocycles. The second kappa shape index (κ2) is 5.13. The van der Waals surface area contributed by atoms with Crippen molar-refractivity contribution in [3.63, 3.8) is 0 Å². The van der Waals surface area contributed by atoms with Crippen molar-refractivity contribution in [3.05, 3.63) is 28.5 Å². The van der Waals surface area contributed by atoms with E-state index in [0.717, 1.165) is 11.3 Å². The monoisotopic (exact) mass is 302 g/mol. The third-order valence-electron chi connectivity index (χ3n) is 3.13. The van der Waals surface area contributed by atoms with Crippen molar-refractivity contribution < 1.29 is 8.95 Å². The smallest absolute Gasteiger partial charge is 0.119 e. The van der Waals surface area contributed by atoms with Gasteiger partial charge >= 0.3 is 0 Å². The van der Waals surface area contributed by atoms with Crippen LogP contribution in [-0.2, 0) is 21.3 Å². The molecule has 0 aromatic carbocycles. The molecule has 4 nitrogen and oxygen atoms in total. The van der Waals surface area contributed by atoms with Crippen molar-refractivity contribution in [2.75, 3.05) is 13.2 Å². The highest BCUT2D eigenvalue weighted by atomic mass is 35.5. The minimum absolute atomic E-state index is 0.338. The third kappa shape index (κ3) is 2.84. The van der Waals surface area contributed by atoms with E-state index in [4.69, 9.17) is 16.3 Å². The molecule has 0 radical (unpaired) electrons. The largest absolute Gasteiger partial charge is 0.377 e. The Morgan fingerprint density at radius 3 is 2.58 bits per heavy atom. The first-order chi connectivity index (χ1) is 8.76. The Kier molecular flexibility index (Phi) is 4.02. The fraction of sp³-hybridized carbons (Fsp3) is 0.615. The maximum absolute atomic E-state index is 12.3. The average molecular weight is 303 g/mol. The fourth-order valence-electron chi connectivity index (χ4n) is 1.88. The lowest BCUT2D eigenvalue weighted by Gasteiger charge is -2.43. The van der Waals surface area contributed by atoms with Crippen LogP contribution in [0.25, 0.3) is 0 Å². The number of nitrogens with one attached hydrogen (secondary N) is 1. The number of hydrogen-bond donors (Lipinski definition) is 1. The summed E-state index contributed by atoms with van der Waals surface area (Å²) in [5, 5.41) is 0.666. The fourth-order valence-corrected chi connectivity index (χ4v) is 2.90. The molecule has 106 valence electrons. The Balaban J connectivity index is 2.33. The summed E-state index contributed by atoms with van der Waals surface area (Å²) < 4.78 is 20.5. The normalized spacial score (nSPS) is 19.8. The van der Waals surface area contributed by atoms with Gasteiger partial charge in [-0.3, -0.25) is 4.98 Å². The molecule has 1 N–H and O–H groups in total. The zero-order chi connectivity index (χ0) is 14.3. The standard InChI is InChI=1S/C13H19ClN2O2S/c1-9-10(14)5-6-15-11(9)13(7-18-8-13)16-19(17)12(2,3)4/h5-6,16H,7-8H2,1-4H3. The van der Waals surface area contributed by atoms with Crippen molar-refractivity contribution >= 4 is 22.6 Å². The lowest BCUT2D eigenvalue weighted by Crippen LogP contribution is -2.60. The predicted octanol–water partition coefficient (Wildman–Crippen LogP) is 2.32. The summed E-state index contributed by atoms with van der Waals surface area (Å²) >= 11 is 6.14. The second-order valence-electron chi connectivity index (χ2n) is 5.82. The average Bonchev–Trinajstić information content (AvgIpc) is 2.26. The minimum Gasteiger partial charge on any atom is -0.377 e. The van der Waals surface area contributed by atoms with Gasteiger partial charge in [-0.05, 0) is 39.3 Å². The van der Waals surface area contributed by atoms with Gasteiger partial charge in [-0.25, -0.2) is 8.93 Å². The van der Waals surface area contributed by atoms with E-state index >= 15 is 0 Å². The van der Waals surface area contributed by atoms with E-state index in [9.17, 15) is 4.21 Å². The first-order valence-electron chi connectivity index (χ1n) is 6.15. The summed E-state index contributed by atoms with van der Waals surface area (Å²) in [5.74, 6) is 0. The van der Waals surface area contributed by atoms with Gasteiger partial charge in [0, 0.05) is 11.2 Å². The summed E-state index contributed by atoms with van der Waals surface area (Å²) in [6.07, 6.45) is 1.67. The van der Waals surface area contributed by atoms with E-state index in [1.165, 1.54) is 0 Å². The SMILES string of the molecule is Cc1c(Cl)ccnc1C1(NS(=O)C(C)(C)C)COC1. The first kappa shape index (κ1) is 14.9. The highest BCUT2D eigenvalue weighted by Gasteiger charge is 2.45. The summed E-state index contributed by atoms with van der Waals surface area (Å²) in [5.41, 5.74) is 1.24. The van der Waals surface area contributed by atoms with Crippen LogP contribution in [0.15, 0.2) is 12.3 Å². The van der Waals surface area contributed by atoms with Crippen LogP contribution in [0, 0.1) is 6.92 Å². The highest BCUT2D eigenvalue weighted by Crippen LogP contribution is 2.34. The minimum atomic E-state index is -1.18. The molecule has 2 heterocycles. The van der Waals surface area contributed by atoms with Gasteiger partial charge < -0.3 is 4.74 Å². The molecular weight excluding hydrogens is 284 g/mol. The maximum Gasteiger partial charge on any atom is 0.119 e. The molecule has 0 spiro atoms. The van der Waals surface area contributed by atoms with E-state index < -0.39 is 16.5 Å². The molecule has 1 saturated heterocycles. The lowest BCUT2D eigenvalue weighted by molar-refractivity contribution is -0.0684. The molecule has 1 unspecified atom stereocenters. The molecule has 19 heavy (non-hydrogen) atoms. The number of nitrogens with zero attached hydrogens (tertiary/aromatic N) is 1. The van der Waals surface area contributed by atoms with Crippen LogP contribution < -0.4 is 4.72 Å². The van der Waals surface area contributed by atoms with Crippen LogP contribution >= 0.6 is 11.6 Å². The topological polar surface area (TPSA) is 51.2 Å². The van der Waals surface area contributed by atoms with E-state index in [-0.39, 0.29) is 4.75 Å². The Hall–Kier alpha value is -0.490. The molecule has 0 aliphatic carbocycles. The van der Waals surface area contributed by atoms with Crippen molar-refractivity contribution in [3.8, 4) is 0 Å². The Morgan fingerprint density at radius 1 is 1.47 bits per heavy atom. The number of aromatic nitrogens is 1. The molecule has 1 aromatic rings. The van der Waals surface area contributed by atoms with E-state index in [1.54, 1.807) is 12.3 Å². The molecule has 0 amide bonds. The number of hydrogen-bond acceptors (Lipinski definition) is 3. The van der Waals surface area contributed by atoms with Gasteiger partial charge in [0.2, 0.25) is 0 Å². The zero-order valence-electron chi connectivity index (χ0n) is 11.6. The molecule has 1 aliphatic rings. The van der Waals surface area contributed by atoms with Crippen LogP contribution in [0.2, 0.25) is 5.02 Å². The quantitative estimate of drug-likeness (QED) is 0.932. The first-order valence-corrected chi connectivity index (χ1v) is 7.68. The Bertz CT molecular complexity index is 510. The van der Waals surface area contributed by atoms with Gasteiger partial charge in [-0.1, -0.05) is 11.6 Å². The summed E-state index contributed by atoms with van der Waals surface area (Å²) in [7, 11) is -1.18. The van der Waals surface area contributed by atoms with Gasteiger partial charge in [-0.15, -0.1) is 0 Å².